The van der Waals surface area contributed by atoms with E-state index >= 15 is 0 Å². The number of halogens is 1. The van der Waals surface area contributed by atoms with Gasteiger partial charge in [0.05, 0.1) is 23.0 Å². The number of nitrogens with zero attached hydrogens (tertiary/aromatic N) is 3. The second kappa shape index (κ2) is 6.86. The standard InChI is InChI=1S/C15H21ClN4/c1-4-8-20-15(13(16)10-19-20)14(17-3)12-6-7-18-9-11(12)5-2/h6-7,9-10,14,17H,4-5,8H2,1-3H3. The third kappa shape index (κ3) is 2.86. The van der Waals surface area contributed by atoms with Crippen molar-refractivity contribution in [2.45, 2.75) is 39.3 Å². The van der Waals surface area contributed by atoms with Crippen LogP contribution in [0.5, 0.6) is 0 Å². The summed E-state index contributed by atoms with van der Waals surface area (Å²) in [5.74, 6) is 0. The van der Waals surface area contributed by atoms with Crippen LogP contribution >= 0.6 is 11.6 Å². The Morgan fingerprint density at radius 2 is 2.15 bits per heavy atom. The molecule has 20 heavy (non-hydrogen) atoms. The van der Waals surface area contributed by atoms with Crippen LogP contribution in [-0.4, -0.2) is 21.8 Å². The molecule has 2 aromatic heterocycles. The van der Waals surface area contributed by atoms with E-state index in [9.17, 15) is 0 Å². The molecule has 0 spiro atoms. The van der Waals surface area contributed by atoms with Crippen LogP contribution in [0.3, 0.4) is 0 Å². The van der Waals surface area contributed by atoms with Crippen LogP contribution in [0, 0.1) is 0 Å². The third-order valence-electron chi connectivity index (χ3n) is 3.46. The predicted octanol–water partition coefficient (Wildman–Crippen LogP) is 3.21. The molecule has 2 heterocycles. The number of aromatic nitrogens is 3. The molecule has 0 radical (unpaired) electrons. The van der Waals surface area contributed by atoms with Crippen LogP contribution < -0.4 is 5.32 Å². The summed E-state index contributed by atoms with van der Waals surface area (Å²) in [5.41, 5.74) is 3.47. The van der Waals surface area contributed by atoms with E-state index in [1.54, 1.807) is 6.20 Å². The van der Waals surface area contributed by atoms with Crippen molar-refractivity contribution in [3.63, 3.8) is 0 Å². The van der Waals surface area contributed by atoms with Crippen molar-refractivity contribution in [2.24, 2.45) is 0 Å². The molecule has 108 valence electrons. The molecule has 0 aliphatic carbocycles. The molecule has 2 aromatic rings. The van der Waals surface area contributed by atoms with Gasteiger partial charge >= 0.3 is 0 Å². The Morgan fingerprint density at radius 1 is 1.35 bits per heavy atom. The first-order valence-electron chi connectivity index (χ1n) is 7.04. The topological polar surface area (TPSA) is 42.7 Å². The smallest absolute Gasteiger partial charge is 0.0837 e. The van der Waals surface area contributed by atoms with Gasteiger partial charge in [-0.3, -0.25) is 9.67 Å². The van der Waals surface area contributed by atoms with Gasteiger partial charge in [0.25, 0.3) is 0 Å². The van der Waals surface area contributed by atoms with E-state index in [1.807, 2.05) is 24.1 Å². The lowest BCUT2D eigenvalue weighted by Crippen LogP contribution is -2.23. The van der Waals surface area contributed by atoms with Crippen LogP contribution in [0.4, 0.5) is 0 Å². The molecule has 0 saturated carbocycles. The summed E-state index contributed by atoms with van der Waals surface area (Å²) >= 11 is 6.36. The number of hydrogen-bond acceptors (Lipinski definition) is 3. The van der Waals surface area contributed by atoms with Crippen molar-refractivity contribution in [3.8, 4) is 0 Å². The van der Waals surface area contributed by atoms with Crippen molar-refractivity contribution in [2.75, 3.05) is 7.05 Å². The van der Waals surface area contributed by atoms with Gasteiger partial charge in [-0.05, 0) is 37.1 Å². The van der Waals surface area contributed by atoms with Crippen LogP contribution in [0.15, 0.2) is 24.7 Å². The van der Waals surface area contributed by atoms with E-state index in [0.717, 1.165) is 25.1 Å². The number of hydrogen-bond donors (Lipinski definition) is 1. The van der Waals surface area contributed by atoms with E-state index < -0.39 is 0 Å². The van der Waals surface area contributed by atoms with Gasteiger partial charge in [0, 0.05) is 18.9 Å². The first-order chi connectivity index (χ1) is 9.72. The molecule has 0 fully saturated rings. The SMILES string of the molecule is CCCn1ncc(Cl)c1C(NC)c1ccncc1CC. The Hall–Kier alpha value is -1.39. The fourth-order valence-corrected chi connectivity index (χ4v) is 2.75. The molecule has 0 aliphatic rings. The van der Waals surface area contributed by atoms with Gasteiger partial charge in [0.1, 0.15) is 0 Å². The highest BCUT2D eigenvalue weighted by atomic mass is 35.5. The summed E-state index contributed by atoms with van der Waals surface area (Å²) in [6.45, 7) is 5.14. The predicted molar refractivity (Wildman–Crippen MR) is 82.0 cm³/mol. The maximum absolute atomic E-state index is 6.36. The molecule has 4 nitrogen and oxygen atoms in total. The average Bonchev–Trinajstić information content (AvgIpc) is 2.83. The Balaban J connectivity index is 2.49. The molecule has 1 N–H and O–H groups in total. The Labute approximate surface area is 125 Å². The Morgan fingerprint density at radius 3 is 2.80 bits per heavy atom. The summed E-state index contributed by atoms with van der Waals surface area (Å²) in [6.07, 6.45) is 7.45. The number of aryl methyl sites for hydroxylation is 2. The Bertz CT molecular complexity index is 565. The van der Waals surface area contributed by atoms with Crippen LogP contribution in [0.1, 0.15) is 43.1 Å². The fraction of sp³-hybridized carbons (Fsp3) is 0.467. The molecule has 0 saturated heterocycles. The van der Waals surface area contributed by atoms with Gasteiger partial charge in [-0.15, -0.1) is 0 Å². The lowest BCUT2D eigenvalue weighted by molar-refractivity contribution is 0.533. The van der Waals surface area contributed by atoms with E-state index in [0.29, 0.717) is 5.02 Å². The second-order valence-electron chi connectivity index (χ2n) is 4.75. The largest absolute Gasteiger partial charge is 0.308 e. The van der Waals surface area contributed by atoms with Gasteiger partial charge in [-0.2, -0.15) is 5.10 Å². The van der Waals surface area contributed by atoms with E-state index in [4.69, 9.17) is 11.6 Å². The molecule has 0 bridgehead atoms. The molecule has 5 heteroatoms. The molecule has 0 amide bonds. The minimum Gasteiger partial charge on any atom is -0.308 e. The first kappa shape index (κ1) is 15.0. The summed E-state index contributed by atoms with van der Waals surface area (Å²) < 4.78 is 1.99. The van der Waals surface area contributed by atoms with Crippen LogP contribution in [0.2, 0.25) is 5.02 Å². The quantitative estimate of drug-likeness (QED) is 0.889. The number of pyridine rings is 1. The van der Waals surface area contributed by atoms with Gasteiger partial charge in [0.2, 0.25) is 0 Å². The highest BCUT2D eigenvalue weighted by Crippen LogP contribution is 2.30. The van der Waals surface area contributed by atoms with Gasteiger partial charge < -0.3 is 5.32 Å². The Kier molecular flexibility index (Phi) is 5.15. The van der Waals surface area contributed by atoms with Crippen molar-refractivity contribution >= 4 is 11.6 Å². The lowest BCUT2D eigenvalue weighted by Gasteiger charge is -2.21. The van der Waals surface area contributed by atoms with Crippen molar-refractivity contribution in [1.29, 1.82) is 0 Å². The highest BCUT2D eigenvalue weighted by molar-refractivity contribution is 6.31. The zero-order chi connectivity index (χ0) is 14.5. The zero-order valence-electron chi connectivity index (χ0n) is 12.2. The highest BCUT2D eigenvalue weighted by Gasteiger charge is 2.22. The van der Waals surface area contributed by atoms with Crippen molar-refractivity contribution < 1.29 is 0 Å². The third-order valence-corrected chi connectivity index (χ3v) is 3.76. The van der Waals surface area contributed by atoms with Gasteiger partial charge in [0.15, 0.2) is 0 Å². The molecular formula is C15H21ClN4. The van der Waals surface area contributed by atoms with Crippen molar-refractivity contribution in [3.05, 3.63) is 46.5 Å². The molecule has 0 aliphatic heterocycles. The summed E-state index contributed by atoms with van der Waals surface area (Å²) in [5, 5.41) is 8.45. The average molecular weight is 293 g/mol. The van der Waals surface area contributed by atoms with E-state index in [-0.39, 0.29) is 6.04 Å². The van der Waals surface area contributed by atoms with Crippen LogP contribution in [0.25, 0.3) is 0 Å². The van der Waals surface area contributed by atoms with E-state index in [1.165, 1.54) is 11.1 Å². The molecule has 1 atom stereocenters. The zero-order valence-corrected chi connectivity index (χ0v) is 13.0. The minimum atomic E-state index is 0.0366. The molecule has 1 unspecified atom stereocenters. The monoisotopic (exact) mass is 292 g/mol. The summed E-state index contributed by atoms with van der Waals surface area (Å²) in [4.78, 5) is 4.21. The van der Waals surface area contributed by atoms with Crippen LogP contribution in [-0.2, 0) is 13.0 Å². The second-order valence-corrected chi connectivity index (χ2v) is 5.16. The fourth-order valence-electron chi connectivity index (χ4n) is 2.50. The minimum absolute atomic E-state index is 0.0366. The van der Waals surface area contributed by atoms with Gasteiger partial charge in [-0.25, -0.2) is 0 Å². The van der Waals surface area contributed by atoms with Gasteiger partial charge in [-0.1, -0.05) is 25.4 Å². The van der Waals surface area contributed by atoms with Crippen molar-refractivity contribution in [1.82, 2.24) is 20.1 Å². The maximum Gasteiger partial charge on any atom is 0.0837 e. The summed E-state index contributed by atoms with van der Waals surface area (Å²) in [7, 11) is 1.95. The lowest BCUT2D eigenvalue weighted by atomic mass is 9.98. The molecule has 2 rings (SSSR count). The number of rotatable bonds is 6. The normalized spacial score (nSPS) is 12.6. The summed E-state index contributed by atoms with van der Waals surface area (Å²) in [6, 6.07) is 2.09. The maximum atomic E-state index is 6.36. The molecule has 0 aromatic carbocycles. The van der Waals surface area contributed by atoms with E-state index in [2.05, 4.69) is 35.3 Å². The first-order valence-corrected chi connectivity index (χ1v) is 7.41. The number of nitrogens with one attached hydrogen (secondary N) is 1. The molecular weight excluding hydrogens is 272 g/mol.